The molecule has 0 fully saturated rings. The number of nitrogens with zero attached hydrogens (tertiary/aromatic N) is 1. The molecule has 18 heavy (non-hydrogen) atoms. The number of hydrogen-bond acceptors (Lipinski definition) is 1. The van der Waals surface area contributed by atoms with Gasteiger partial charge in [0.2, 0.25) is 0 Å². The van der Waals surface area contributed by atoms with E-state index in [4.69, 9.17) is 0 Å². The Bertz CT molecular complexity index is 409. The zero-order valence-corrected chi connectivity index (χ0v) is 12.5. The zero-order chi connectivity index (χ0) is 13.5. The van der Waals surface area contributed by atoms with E-state index in [2.05, 4.69) is 15.9 Å². The second kappa shape index (κ2) is 7.52. The molecule has 0 heterocycles. The first-order valence-electron chi connectivity index (χ1n) is 6.14. The van der Waals surface area contributed by atoms with Crippen LogP contribution >= 0.6 is 15.9 Å². The van der Waals surface area contributed by atoms with Gasteiger partial charge in [-0.25, -0.2) is 4.39 Å². The molecular weight excluding hydrogens is 297 g/mol. The number of rotatable bonds is 6. The predicted molar refractivity (Wildman–Crippen MR) is 75.7 cm³/mol. The third kappa shape index (κ3) is 4.09. The van der Waals surface area contributed by atoms with Crippen LogP contribution in [0.3, 0.4) is 0 Å². The largest absolute Gasteiger partial charge is 0.342 e. The third-order valence-corrected chi connectivity index (χ3v) is 3.46. The van der Waals surface area contributed by atoms with Gasteiger partial charge in [0.05, 0.1) is 5.56 Å². The van der Waals surface area contributed by atoms with Crippen molar-refractivity contribution in [2.24, 2.45) is 0 Å². The monoisotopic (exact) mass is 315 g/mol. The highest BCUT2D eigenvalue weighted by Crippen LogP contribution is 2.14. The molecule has 0 unspecified atom stereocenters. The number of halogens is 2. The van der Waals surface area contributed by atoms with E-state index >= 15 is 0 Å². The molecule has 0 aliphatic heterocycles. The lowest BCUT2D eigenvalue weighted by Crippen LogP contribution is -2.28. The summed E-state index contributed by atoms with van der Waals surface area (Å²) in [5, 5.41) is 0.983. The molecule has 0 bridgehead atoms. The van der Waals surface area contributed by atoms with Crippen LogP contribution in [-0.4, -0.2) is 29.7 Å². The SMILES string of the molecule is Cc1cccc(C(=O)N(C)CCCCCBr)c1F. The summed E-state index contributed by atoms with van der Waals surface area (Å²) in [6.07, 6.45) is 3.11. The van der Waals surface area contributed by atoms with Crippen molar-refractivity contribution in [2.75, 3.05) is 18.9 Å². The van der Waals surface area contributed by atoms with Crippen LogP contribution in [0.2, 0.25) is 0 Å². The molecule has 0 N–H and O–H groups in total. The van der Waals surface area contributed by atoms with Gasteiger partial charge in [-0.05, 0) is 31.4 Å². The number of alkyl halides is 1. The summed E-state index contributed by atoms with van der Waals surface area (Å²) in [4.78, 5) is 13.6. The van der Waals surface area contributed by atoms with Crippen LogP contribution < -0.4 is 0 Å². The van der Waals surface area contributed by atoms with Crippen LogP contribution in [0.4, 0.5) is 4.39 Å². The molecule has 2 nitrogen and oxygen atoms in total. The van der Waals surface area contributed by atoms with Crippen molar-refractivity contribution in [3.8, 4) is 0 Å². The van der Waals surface area contributed by atoms with Gasteiger partial charge in [0, 0.05) is 18.9 Å². The summed E-state index contributed by atoms with van der Waals surface area (Å²) in [6, 6.07) is 4.92. The van der Waals surface area contributed by atoms with Gasteiger partial charge in [0.25, 0.3) is 5.91 Å². The molecule has 0 saturated heterocycles. The average molecular weight is 316 g/mol. The summed E-state index contributed by atoms with van der Waals surface area (Å²) in [6.45, 7) is 2.33. The lowest BCUT2D eigenvalue weighted by atomic mass is 10.1. The van der Waals surface area contributed by atoms with Crippen LogP contribution in [0.15, 0.2) is 18.2 Å². The fourth-order valence-corrected chi connectivity index (χ4v) is 2.14. The highest BCUT2D eigenvalue weighted by atomic mass is 79.9. The van der Waals surface area contributed by atoms with Crippen molar-refractivity contribution in [1.29, 1.82) is 0 Å². The van der Waals surface area contributed by atoms with Gasteiger partial charge in [-0.15, -0.1) is 0 Å². The molecule has 1 aromatic carbocycles. The smallest absolute Gasteiger partial charge is 0.256 e. The van der Waals surface area contributed by atoms with E-state index in [1.54, 1.807) is 37.1 Å². The third-order valence-electron chi connectivity index (χ3n) is 2.90. The fraction of sp³-hybridized carbons (Fsp3) is 0.500. The molecular formula is C14H19BrFNO. The summed E-state index contributed by atoms with van der Waals surface area (Å²) in [5.74, 6) is -0.648. The molecule has 0 atom stereocenters. The number of amides is 1. The molecule has 0 aliphatic carbocycles. The topological polar surface area (TPSA) is 20.3 Å². The van der Waals surface area contributed by atoms with Gasteiger partial charge in [0.15, 0.2) is 0 Å². The van der Waals surface area contributed by atoms with E-state index in [1.807, 2.05) is 0 Å². The minimum absolute atomic E-state index is 0.165. The average Bonchev–Trinajstić information content (AvgIpc) is 2.37. The van der Waals surface area contributed by atoms with Gasteiger partial charge >= 0.3 is 0 Å². The molecule has 0 radical (unpaired) electrons. The second-order valence-corrected chi connectivity index (χ2v) is 5.21. The molecule has 1 rings (SSSR count). The number of carbonyl (C=O) groups is 1. The maximum Gasteiger partial charge on any atom is 0.256 e. The Morgan fingerprint density at radius 3 is 2.72 bits per heavy atom. The van der Waals surface area contributed by atoms with Crippen molar-refractivity contribution >= 4 is 21.8 Å². The number of unbranched alkanes of at least 4 members (excludes halogenated alkanes) is 2. The summed E-state index contributed by atoms with van der Waals surface area (Å²) in [5.41, 5.74) is 0.673. The minimum Gasteiger partial charge on any atom is -0.342 e. The highest BCUT2D eigenvalue weighted by molar-refractivity contribution is 9.09. The lowest BCUT2D eigenvalue weighted by molar-refractivity contribution is 0.0788. The second-order valence-electron chi connectivity index (χ2n) is 4.41. The fourth-order valence-electron chi connectivity index (χ4n) is 1.74. The summed E-state index contributed by atoms with van der Waals surface area (Å²) < 4.78 is 13.8. The first-order chi connectivity index (χ1) is 8.57. The van der Waals surface area contributed by atoms with Crippen molar-refractivity contribution < 1.29 is 9.18 Å². The van der Waals surface area contributed by atoms with Crippen LogP contribution in [-0.2, 0) is 0 Å². The minimum atomic E-state index is -0.408. The van der Waals surface area contributed by atoms with Gasteiger partial charge < -0.3 is 4.90 Å². The molecule has 1 aromatic rings. The van der Waals surface area contributed by atoms with E-state index in [1.165, 1.54) is 0 Å². The predicted octanol–water partition coefficient (Wildman–Crippen LogP) is 3.77. The first-order valence-corrected chi connectivity index (χ1v) is 7.26. The van der Waals surface area contributed by atoms with Crippen molar-refractivity contribution in [1.82, 2.24) is 4.90 Å². The maximum absolute atomic E-state index is 13.8. The number of aryl methyl sites for hydroxylation is 1. The van der Waals surface area contributed by atoms with E-state index < -0.39 is 5.82 Å². The normalized spacial score (nSPS) is 10.4. The Balaban J connectivity index is 2.60. The standard InChI is InChI=1S/C14H19BrFNO/c1-11-7-6-8-12(13(11)16)14(18)17(2)10-5-3-4-9-15/h6-8H,3-5,9-10H2,1-2H3. The van der Waals surface area contributed by atoms with E-state index in [0.717, 1.165) is 24.6 Å². The van der Waals surface area contributed by atoms with E-state index in [0.29, 0.717) is 12.1 Å². The molecule has 0 spiro atoms. The molecule has 0 aromatic heterocycles. The molecule has 0 saturated carbocycles. The Labute approximate surface area is 116 Å². The van der Waals surface area contributed by atoms with Gasteiger partial charge in [-0.1, -0.05) is 34.5 Å². The van der Waals surface area contributed by atoms with E-state index in [-0.39, 0.29) is 11.5 Å². The van der Waals surface area contributed by atoms with Crippen molar-refractivity contribution in [3.05, 3.63) is 35.1 Å². The van der Waals surface area contributed by atoms with Gasteiger partial charge in [0.1, 0.15) is 5.82 Å². The zero-order valence-electron chi connectivity index (χ0n) is 10.9. The summed E-state index contributed by atoms with van der Waals surface area (Å²) >= 11 is 3.37. The number of benzene rings is 1. The molecule has 4 heteroatoms. The van der Waals surface area contributed by atoms with Gasteiger partial charge in [-0.2, -0.15) is 0 Å². The van der Waals surface area contributed by atoms with Gasteiger partial charge in [-0.3, -0.25) is 4.79 Å². The van der Waals surface area contributed by atoms with Crippen LogP contribution in [0.1, 0.15) is 35.2 Å². The van der Waals surface area contributed by atoms with Crippen LogP contribution in [0.25, 0.3) is 0 Å². The number of carbonyl (C=O) groups excluding carboxylic acids is 1. The Morgan fingerprint density at radius 1 is 1.33 bits per heavy atom. The van der Waals surface area contributed by atoms with Crippen molar-refractivity contribution in [2.45, 2.75) is 26.2 Å². The Morgan fingerprint density at radius 2 is 2.06 bits per heavy atom. The Hall–Kier alpha value is -0.900. The van der Waals surface area contributed by atoms with Crippen LogP contribution in [0, 0.1) is 12.7 Å². The van der Waals surface area contributed by atoms with Crippen molar-refractivity contribution in [3.63, 3.8) is 0 Å². The summed E-state index contributed by atoms with van der Waals surface area (Å²) in [7, 11) is 1.72. The highest BCUT2D eigenvalue weighted by Gasteiger charge is 2.16. The van der Waals surface area contributed by atoms with Crippen LogP contribution in [0.5, 0.6) is 0 Å². The molecule has 1 amide bonds. The lowest BCUT2D eigenvalue weighted by Gasteiger charge is -2.17. The molecule has 0 aliphatic rings. The van der Waals surface area contributed by atoms with E-state index in [9.17, 15) is 9.18 Å². The molecule has 100 valence electrons. The maximum atomic E-state index is 13.8. The first kappa shape index (κ1) is 15.2. The Kier molecular flexibility index (Phi) is 6.33. The number of hydrogen-bond donors (Lipinski definition) is 0. The quantitative estimate of drug-likeness (QED) is 0.578.